The smallest absolute Gasteiger partial charge is 0.367 e. The second-order valence-corrected chi connectivity index (χ2v) is 2.03. The molecule has 0 radical (unpaired) electrons. The summed E-state index contributed by atoms with van der Waals surface area (Å²) in [7, 11) is 0. The van der Waals surface area contributed by atoms with Crippen LogP contribution in [0.5, 0.6) is 0 Å². The number of allylic oxidation sites excluding steroid dienone is 1. The number of aliphatic carboxylic acids is 1. The van der Waals surface area contributed by atoms with Crippen molar-refractivity contribution < 1.29 is 24.8 Å². The Kier molecular flexibility index (Phi) is 18.1. The van der Waals surface area contributed by atoms with Gasteiger partial charge in [-0.15, -0.1) is 0 Å². The van der Waals surface area contributed by atoms with Gasteiger partial charge in [-0.2, -0.15) is 10.5 Å². The minimum absolute atomic E-state index is 0.183. The molecule has 0 aromatic rings. The molecule has 0 aromatic carbocycles. The predicted octanol–water partition coefficient (Wildman–Crippen LogP) is 1.53. The molecule has 16 heavy (non-hydrogen) atoms. The molecule has 0 aliphatic heterocycles. The summed E-state index contributed by atoms with van der Waals surface area (Å²) in [5, 5.41) is 22.7. The molecule has 0 bridgehead atoms. The van der Waals surface area contributed by atoms with Gasteiger partial charge in [-0.1, -0.05) is 19.7 Å². The van der Waals surface area contributed by atoms with Gasteiger partial charge in [-0.25, -0.2) is 9.59 Å². The molecule has 0 aliphatic rings. The van der Waals surface area contributed by atoms with Gasteiger partial charge in [0.15, 0.2) is 0 Å². The van der Waals surface area contributed by atoms with Crippen molar-refractivity contribution in [1.82, 2.24) is 0 Å². The fourth-order valence-corrected chi connectivity index (χ4v) is 0.0779. The highest BCUT2D eigenvalue weighted by Gasteiger charge is 1.98. The first kappa shape index (κ1) is 19.2. The van der Waals surface area contributed by atoms with E-state index < -0.39 is 11.9 Å². The molecule has 0 aromatic heterocycles. The lowest BCUT2D eigenvalue weighted by Gasteiger charge is -1.88. The van der Waals surface area contributed by atoms with Crippen LogP contribution in [0.25, 0.3) is 0 Å². The van der Waals surface area contributed by atoms with Crippen molar-refractivity contribution >= 4 is 11.9 Å². The Bertz CT molecular complexity index is 301. The first-order valence-electron chi connectivity index (χ1n) is 3.74. The highest BCUT2D eigenvalue weighted by molar-refractivity contribution is 5.86. The highest BCUT2D eigenvalue weighted by Crippen LogP contribution is 1.86. The number of nitrogens with zero attached hydrogens (tertiary/aromatic N) is 1. The molecule has 88 valence electrons. The Morgan fingerprint density at radius 2 is 1.75 bits per heavy atom. The molecule has 0 saturated heterocycles. The lowest BCUT2D eigenvalue weighted by atomic mass is 10.4. The van der Waals surface area contributed by atoms with Crippen LogP contribution in [0, 0.1) is 11.3 Å². The molecule has 6 heteroatoms. The van der Waals surface area contributed by atoms with E-state index in [1.54, 1.807) is 6.07 Å². The van der Waals surface area contributed by atoms with Gasteiger partial charge in [0.25, 0.3) is 0 Å². The maximum atomic E-state index is 9.94. The maximum Gasteiger partial charge on any atom is 0.367 e. The molecule has 0 rings (SSSR count). The van der Waals surface area contributed by atoms with Crippen molar-refractivity contribution in [3.8, 4) is 6.07 Å². The topological polar surface area (TPSA) is 108 Å². The standard InChI is InChI=1S/C4H6O3.C3H3N.C3H4O2/c1-3(2)4(5)7-6;1-2-3-4;1-2-3(4)5/h6H,1H2,2H3;2H,1H2;2H,1H2,(H,4,5). The highest BCUT2D eigenvalue weighted by atomic mass is 17.1. The first-order chi connectivity index (χ1) is 7.37. The van der Waals surface area contributed by atoms with E-state index in [1.807, 2.05) is 0 Å². The van der Waals surface area contributed by atoms with Gasteiger partial charge in [0.2, 0.25) is 0 Å². The van der Waals surface area contributed by atoms with Crippen molar-refractivity contribution in [3.05, 3.63) is 37.5 Å². The number of carboxylic acids is 1. The van der Waals surface area contributed by atoms with E-state index in [9.17, 15) is 9.59 Å². The van der Waals surface area contributed by atoms with Crippen LogP contribution in [0.3, 0.4) is 0 Å². The lowest BCUT2D eigenvalue weighted by Crippen LogP contribution is -1.99. The second kappa shape index (κ2) is 15.1. The number of rotatable bonds is 2. The third kappa shape index (κ3) is 29.9. The van der Waals surface area contributed by atoms with E-state index in [1.165, 1.54) is 13.0 Å². The SMILES string of the molecule is C=C(C)C(=O)OO.C=CC#N.C=CC(=O)O. The van der Waals surface area contributed by atoms with Gasteiger partial charge in [-0.3, -0.25) is 4.89 Å². The van der Waals surface area contributed by atoms with Gasteiger partial charge < -0.3 is 5.11 Å². The second-order valence-electron chi connectivity index (χ2n) is 2.03. The Morgan fingerprint density at radius 3 is 1.75 bits per heavy atom. The summed E-state index contributed by atoms with van der Waals surface area (Å²) < 4.78 is 0. The first-order valence-corrected chi connectivity index (χ1v) is 3.74. The summed E-state index contributed by atoms with van der Waals surface area (Å²) in [5.74, 6) is -1.77. The van der Waals surface area contributed by atoms with Crippen LogP contribution in [0.15, 0.2) is 37.5 Å². The van der Waals surface area contributed by atoms with E-state index in [2.05, 4.69) is 24.6 Å². The Labute approximate surface area is 93.3 Å². The Morgan fingerprint density at radius 1 is 1.44 bits per heavy atom. The summed E-state index contributed by atoms with van der Waals surface area (Å²) in [5.41, 5.74) is 0.183. The summed E-state index contributed by atoms with van der Waals surface area (Å²) in [6.45, 7) is 10.7. The molecular weight excluding hydrogens is 214 g/mol. The zero-order valence-corrected chi connectivity index (χ0v) is 8.84. The third-order valence-electron chi connectivity index (χ3n) is 0.697. The fourth-order valence-electron chi connectivity index (χ4n) is 0.0779. The van der Waals surface area contributed by atoms with Gasteiger partial charge in [0.05, 0.1) is 6.07 Å². The molecule has 0 unspecified atom stereocenters. The van der Waals surface area contributed by atoms with Crippen molar-refractivity contribution in [2.75, 3.05) is 0 Å². The molecule has 0 aliphatic carbocycles. The molecule has 0 fully saturated rings. The van der Waals surface area contributed by atoms with Gasteiger partial charge in [-0.05, 0) is 6.92 Å². The number of hydrogen-bond donors (Lipinski definition) is 2. The predicted molar refractivity (Wildman–Crippen MR) is 57.2 cm³/mol. The zero-order valence-electron chi connectivity index (χ0n) is 8.84. The average Bonchev–Trinajstić information content (AvgIpc) is 2.28. The van der Waals surface area contributed by atoms with E-state index in [0.717, 1.165) is 6.08 Å². The van der Waals surface area contributed by atoms with Gasteiger partial charge in [0.1, 0.15) is 0 Å². The molecule has 2 N–H and O–H groups in total. The molecule has 0 heterocycles. The van der Waals surface area contributed by atoms with Crippen LogP contribution in [0.4, 0.5) is 0 Å². The molecular formula is C10H13NO5. The monoisotopic (exact) mass is 227 g/mol. The Hall–Kier alpha value is -2.39. The van der Waals surface area contributed by atoms with Gasteiger partial charge >= 0.3 is 11.9 Å². The van der Waals surface area contributed by atoms with Gasteiger partial charge in [0, 0.05) is 17.7 Å². The number of hydrogen-bond acceptors (Lipinski definition) is 5. The van der Waals surface area contributed by atoms with Crippen molar-refractivity contribution in [2.45, 2.75) is 6.92 Å². The lowest BCUT2D eigenvalue weighted by molar-refractivity contribution is -0.229. The van der Waals surface area contributed by atoms with Crippen LogP contribution < -0.4 is 0 Å². The van der Waals surface area contributed by atoms with Crippen LogP contribution in [0.2, 0.25) is 0 Å². The molecule has 6 nitrogen and oxygen atoms in total. The number of nitriles is 1. The van der Waals surface area contributed by atoms with E-state index in [4.69, 9.17) is 15.6 Å². The quantitative estimate of drug-likeness (QED) is 0.320. The number of carboxylic acid groups (broad SMARTS) is 1. The molecule has 0 atom stereocenters. The molecule has 0 saturated carbocycles. The largest absolute Gasteiger partial charge is 0.478 e. The summed E-state index contributed by atoms with van der Waals surface area (Å²) in [6.07, 6.45) is 2.01. The van der Waals surface area contributed by atoms with Crippen molar-refractivity contribution in [2.24, 2.45) is 0 Å². The minimum Gasteiger partial charge on any atom is -0.478 e. The summed E-state index contributed by atoms with van der Waals surface area (Å²) >= 11 is 0. The molecule has 0 spiro atoms. The zero-order chi connectivity index (χ0) is 13.6. The van der Waals surface area contributed by atoms with Crippen LogP contribution >= 0.6 is 0 Å². The summed E-state index contributed by atoms with van der Waals surface area (Å²) in [4.78, 5) is 22.5. The van der Waals surface area contributed by atoms with Crippen LogP contribution in [-0.4, -0.2) is 22.3 Å². The number of carbonyl (C=O) groups is 2. The fraction of sp³-hybridized carbons (Fsp3) is 0.100. The maximum absolute atomic E-state index is 9.94. The third-order valence-corrected chi connectivity index (χ3v) is 0.697. The number of carbonyl (C=O) groups excluding carboxylic acids is 1. The molecule has 0 amide bonds. The average molecular weight is 227 g/mol. The minimum atomic E-state index is -0.981. The van der Waals surface area contributed by atoms with Crippen LogP contribution in [-0.2, 0) is 14.5 Å². The van der Waals surface area contributed by atoms with Crippen LogP contribution in [0.1, 0.15) is 6.92 Å². The van der Waals surface area contributed by atoms with E-state index in [0.29, 0.717) is 0 Å². The Balaban J connectivity index is -0.000000166. The van der Waals surface area contributed by atoms with Crippen molar-refractivity contribution in [1.29, 1.82) is 5.26 Å². The van der Waals surface area contributed by atoms with E-state index >= 15 is 0 Å². The summed E-state index contributed by atoms with van der Waals surface area (Å²) in [6, 6.07) is 1.69. The van der Waals surface area contributed by atoms with Crippen molar-refractivity contribution in [3.63, 3.8) is 0 Å². The normalized spacial score (nSPS) is 6.31. The van der Waals surface area contributed by atoms with E-state index in [-0.39, 0.29) is 5.57 Å².